The van der Waals surface area contributed by atoms with E-state index in [1.165, 1.54) is 13.2 Å². The second-order valence-electron chi connectivity index (χ2n) is 9.68. The van der Waals surface area contributed by atoms with Crippen LogP contribution in [0.1, 0.15) is 42.6 Å². The van der Waals surface area contributed by atoms with Gasteiger partial charge in [-0.15, -0.1) is 0 Å². The molecule has 1 fully saturated rings. The average molecular weight is 565 g/mol. The number of ether oxygens (including phenoxy) is 1. The molecule has 8 nitrogen and oxygen atoms in total. The number of aromatic nitrogens is 3. The number of piperidine rings is 1. The van der Waals surface area contributed by atoms with Crippen LogP contribution in [0.15, 0.2) is 64.6 Å². The van der Waals surface area contributed by atoms with Gasteiger partial charge in [0.25, 0.3) is 0 Å². The molecule has 0 saturated carbocycles. The van der Waals surface area contributed by atoms with Gasteiger partial charge in [-0.25, -0.2) is 9.97 Å². The Bertz CT molecular complexity index is 1570. The van der Waals surface area contributed by atoms with E-state index in [0.29, 0.717) is 34.6 Å². The molecule has 0 unspecified atom stereocenters. The van der Waals surface area contributed by atoms with Crippen LogP contribution in [0.4, 0.5) is 13.2 Å². The molecule has 0 atom stereocenters. The van der Waals surface area contributed by atoms with Crippen molar-refractivity contribution in [1.82, 2.24) is 19.9 Å². The van der Waals surface area contributed by atoms with Crippen LogP contribution in [0.5, 0.6) is 5.75 Å². The van der Waals surface area contributed by atoms with E-state index in [-0.39, 0.29) is 29.6 Å². The summed E-state index contributed by atoms with van der Waals surface area (Å²) in [5.74, 6) is 1.15. The number of pyridine rings is 2. The third-order valence-corrected chi connectivity index (χ3v) is 7.24. The summed E-state index contributed by atoms with van der Waals surface area (Å²) in [5, 5.41) is 0.414. The van der Waals surface area contributed by atoms with E-state index in [4.69, 9.17) is 24.9 Å². The van der Waals surface area contributed by atoms with Gasteiger partial charge in [0.15, 0.2) is 0 Å². The summed E-state index contributed by atoms with van der Waals surface area (Å²) in [7, 11) is 1.38. The van der Waals surface area contributed by atoms with E-state index in [0.717, 1.165) is 43.4 Å². The van der Waals surface area contributed by atoms with Gasteiger partial charge in [0.05, 0.1) is 30.8 Å². The number of benzene rings is 1. The summed E-state index contributed by atoms with van der Waals surface area (Å²) in [4.78, 5) is 20.0. The van der Waals surface area contributed by atoms with Crippen LogP contribution in [0.3, 0.4) is 0 Å². The molecule has 0 radical (unpaired) electrons. The first-order valence-electron chi connectivity index (χ1n) is 13.4. The molecular formula is C30H31F3N6O2. The zero-order valence-electron chi connectivity index (χ0n) is 22.9. The third kappa shape index (κ3) is 5.67. The van der Waals surface area contributed by atoms with Crippen molar-refractivity contribution in [1.29, 1.82) is 0 Å². The zero-order valence-corrected chi connectivity index (χ0v) is 22.9. The fourth-order valence-electron chi connectivity index (χ4n) is 5.21. The quantitative estimate of drug-likeness (QED) is 0.263. The maximum atomic E-state index is 13.4. The smallest absolute Gasteiger partial charge is 0.433 e. The highest BCUT2D eigenvalue weighted by Crippen LogP contribution is 2.38. The van der Waals surface area contributed by atoms with Crippen LogP contribution in [0.25, 0.3) is 28.1 Å². The van der Waals surface area contributed by atoms with Gasteiger partial charge < -0.3 is 19.8 Å². The number of aliphatic imine (C=N–C) groups is 1. The highest BCUT2D eigenvalue weighted by molar-refractivity contribution is 6.00. The Balaban J connectivity index is 1.41. The molecule has 4 heterocycles. The highest BCUT2D eigenvalue weighted by atomic mass is 19.4. The van der Waals surface area contributed by atoms with Gasteiger partial charge in [-0.1, -0.05) is 12.6 Å². The van der Waals surface area contributed by atoms with E-state index in [9.17, 15) is 13.2 Å². The third-order valence-electron chi connectivity index (χ3n) is 7.24. The number of hydrogen-bond acceptors (Lipinski definition) is 8. The van der Waals surface area contributed by atoms with Crippen molar-refractivity contribution in [3.05, 3.63) is 78.1 Å². The van der Waals surface area contributed by atoms with Crippen molar-refractivity contribution in [2.45, 2.75) is 32.5 Å². The first-order chi connectivity index (χ1) is 19.7. The molecule has 1 aliphatic heterocycles. The number of methoxy groups -OCH3 is 1. The van der Waals surface area contributed by atoms with Gasteiger partial charge in [0.2, 0.25) is 5.89 Å². The molecule has 3 aromatic heterocycles. The van der Waals surface area contributed by atoms with Gasteiger partial charge in [-0.05, 0) is 56.2 Å². The number of nitrogens with two attached hydrogens (primary N) is 1. The topological polar surface area (TPSA) is 103 Å². The second-order valence-corrected chi connectivity index (χ2v) is 9.68. The number of hydrogen-bond donors (Lipinski definition) is 1. The standard InChI is InChI=1S/C30H31F3N6O2/c1-4-35-27(22-7-5-6-14-36-22)19-12-15-39(16-13-19)18(2)26-24(17-34)41-29(38-26)21-8-10-23(40-3)28-20(21)9-11-25(37-28)30(31,32)33/h5-11,14,19H,2,4,12-13,15-17,34H2,1,3H3/b35-27-. The van der Waals surface area contributed by atoms with Crippen molar-refractivity contribution in [2.75, 3.05) is 26.7 Å². The van der Waals surface area contributed by atoms with Gasteiger partial charge >= 0.3 is 6.18 Å². The Morgan fingerprint density at radius 3 is 2.56 bits per heavy atom. The van der Waals surface area contributed by atoms with Crippen LogP contribution >= 0.6 is 0 Å². The van der Waals surface area contributed by atoms with Crippen molar-refractivity contribution in [3.8, 4) is 17.2 Å². The number of oxazole rings is 1. The lowest BCUT2D eigenvalue weighted by Gasteiger charge is -2.34. The second kappa shape index (κ2) is 11.7. The Morgan fingerprint density at radius 2 is 1.93 bits per heavy atom. The predicted octanol–water partition coefficient (Wildman–Crippen LogP) is 5.96. The SMILES string of the molecule is C=C(c1nc(-c2ccc(OC)c3nc(C(F)(F)F)ccc23)oc1CN)N1CCC(/C(=N/CC)c2ccccn2)CC1. The van der Waals surface area contributed by atoms with Gasteiger partial charge in [0, 0.05) is 42.7 Å². The summed E-state index contributed by atoms with van der Waals surface area (Å²) < 4.78 is 51.4. The normalized spacial score (nSPS) is 15.0. The minimum atomic E-state index is -4.59. The lowest BCUT2D eigenvalue weighted by atomic mass is 9.89. The number of fused-ring (bicyclic) bond motifs is 1. The van der Waals surface area contributed by atoms with Crippen LogP contribution in [-0.2, 0) is 12.7 Å². The van der Waals surface area contributed by atoms with Crippen LogP contribution in [0.2, 0.25) is 0 Å². The summed E-state index contributed by atoms with van der Waals surface area (Å²) >= 11 is 0. The largest absolute Gasteiger partial charge is 0.494 e. The van der Waals surface area contributed by atoms with Gasteiger partial charge in [0.1, 0.15) is 28.4 Å². The first kappa shape index (κ1) is 28.3. The molecule has 214 valence electrons. The van der Waals surface area contributed by atoms with Crippen molar-refractivity contribution >= 4 is 22.3 Å². The van der Waals surface area contributed by atoms with Crippen molar-refractivity contribution in [3.63, 3.8) is 0 Å². The molecule has 1 aliphatic rings. The minimum absolute atomic E-state index is 0.0622. The number of likely N-dealkylation sites (tertiary alicyclic amines) is 1. The molecule has 0 bridgehead atoms. The summed E-state index contributed by atoms with van der Waals surface area (Å²) in [6.45, 7) is 8.57. The highest BCUT2D eigenvalue weighted by Gasteiger charge is 2.33. The van der Waals surface area contributed by atoms with Crippen molar-refractivity contribution in [2.24, 2.45) is 16.6 Å². The summed E-state index contributed by atoms with van der Waals surface area (Å²) in [5.41, 5.74) is 8.69. The van der Waals surface area contributed by atoms with Gasteiger partial charge in [-0.2, -0.15) is 13.2 Å². The van der Waals surface area contributed by atoms with E-state index in [2.05, 4.69) is 21.4 Å². The molecule has 1 aromatic carbocycles. The average Bonchev–Trinajstić information content (AvgIpc) is 3.43. The molecule has 0 amide bonds. The van der Waals surface area contributed by atoms with E-state index in [1.54, 1.807) is 18.3 Å². The molecule has 0 aliphatic carbocycles. The van der Waals surface area contributed by atoms with Crippen LogP contribution in [0, 0.1) is 5.92 Å². The van der Waals surface area contributed by atoms with Crippen LogP contribution in [-0.4, -0.2) is 52.3 Å². The maximum Gasteiger partial charge on any atom is 0.433 e. The molecule has 4 aromatic rings. The molecular weight excluding hydrogens is 533 g/mol. The minimum Gasteiger partial charge on any atom is -0.494 e. The number of nitrogens with zero attached hydrogens (tertiary/aromatic N) is 5. The number of rotatable bonds is 8. The number of halogens is 3. The van der Waals surface area contributed by atoms with E-state index < -0.39 is 11.9 Å². The lowest BCUT2D eigenvalue weighted by molar-refractivity contribution is -0.140. The van der Waals surface area contributed by atoms with Crippen LogP contribution < -0.4 is 10.5 Å². The summed E-state index contributed by atoms with van der Waals surface area (Å²) in [6, 6.07) is 11.4. The van der Waals surface area contributed by atoms with Gasteiger partial charge in [-0.3, -0.25) is 9.98 Å². The Morgan fingerprint density at radius 1 is 1.15 bits per heavy atom. The Kier molecular flexibility index (Phi) is 8.07. The fourth-order valence-corrected chi connectivity index (χ4v) is 5.21. The lowest BCUT2D eigenvalue weighted by Crippen LogP contribution is -2.36. The van der Waals surface area contributed by atoms with E-state index in [1.807, 2.05) is 25.1 Å². The Labute approximate surface area is 235 Å². The van der Waals surface area contributed by atoms with Crippen molar-refractivity contribution < 1.29 is 22.3 Å². The summed E-state index contributed by atoms with van der Waals surface area (Å²) in [6.07, 6.45) is -1.07. The number of alkyl halides is 3. The first-order valence-corrected chi connectivity index (χ1v) is 13.4. The fraction of sp³-hybridized carbons (Fsp3) is 0.333. The maximum absolute atomic E-state index is 13.4. The zero-order chi connectivity index (χ0) is 29.1. The molecule has 2 N–H and O–H groups in total. The molecule has 41 heavy (non-hydrogen) atoms. The molecule has 1 saturated heterocycles. The monoisotopic (exact) mass is 564 g/mol. The molecule has 11 heteroatoms. The molecule has 0 spiro atoms. The Hall–Kier alpha value is -4.25. The van der Waals surface area contributed by atoms with E-state index >= 15 is 0 Å². The molecule has 5 rings (SSSR count). The predicted molar refractivity (Wildman–Crippen MR) is 151 cm³/mol.